The minimum Gasteiger partial charge on any atom is -0.321 e. The number of pyridine rings is 1. The van der Waals surface area contributed by atoms with Gasteiger partial charge in [-0.25, -0.2) is 0 Å². The van der Waals surface area contributed by atoms with Crippen LogP contribution in [0.1, 0.15) is 18.1 Å². The van der Waals surface area contributed by atoms with Gasteiger partial charge in [0, 0.05) is 49.2 Å². The van der Waals surface area contributed by atoms with Crippen LogP contribution in [0.15, 0.2) is 16.9 Å². The first-order valence-corrected chi connectivity index (χ1v) is 7.18. The van der Waals surface area contributed by atoms with E-state index in [1.165, 1.54) is 0 Å². The van der Waals surface area contributed by atoms with Gasteiger partial charge in [0.25, 0.3) is 5.56 Å². The van der Waals surface area contributed by atoms with Gasteiger partial charge in [-0.1, -0.05) is 19.1 Å². The first kappa shape index (κ1) is 13.2. The van der Waals surface area contributed by atoms with Crippen LogP contribution in [-0.2, 0) is 13.0 Å². The summed E-state index contributed by atoms with van der Waals surface area (Å²) in [6.07, 6.45) is 0.738. The maximum Gasteiger partial charge on any atom is 0.251 e. The lowest BCUT2D eigenvalue weighted by atomic mass is 10.1. The molecule has 0 bridgehead atoms. The van der Waals surface area contributed by atoms with Crippen LogP contribution in [-0.4, -0.2) is 36.1 Å². The molecule has 0 amide bonds. The van der Waals surface area contributed by atoms with Gasteiger partial charge in [0.2, 0.25) is 0 Å². The van der Waals surface area contributed by atoms with Crippen molar-refractivity contribution in [2.24, 2.45) is 0 Å². The van der Waals surface area contributed by atoms with Crippen LogP contribution in [0.25, 0.3) is 10.9 Å². The summed E-state index contributed by atoms with van der Waals surface area (Å²) in [6.45, 7) is 7.03. The number of aromatic nitrogens is 1. The van der Waals surface area contributed by atoms with E-state index in [1.54, 1.807) is 0 Å². The largest absolute Gasteiger partial charge is 0.321 e. The molecule has 1 aliphatic heterocycles. The highest BCUT2D eigenvalue weighted by molar-refractivity contribution is 5.77. The monoisotopic (exact) mass is 269 g/mol. The minimum atomic E-state index is 0.00715. The smallest absolute Gasteiger partial charge is 0.251 e. The molecule has 104 valence electrons. The number of nitrogens with one attached hydrogen (secondary N) is 2. The Bertz CT molecular complexity index is 656. The first-order valence-electron chi connectivity index (χ1n) is 7.18. The van der Waals surface area contributed by atoms with Crippen LogP contribution in [0.2, 0.25) is 0 Å². The fraction of sp³-hybridized carbons (Fsp3) is 0.438. The number of nitrogens with zero attached hydrogens (tertiary/aromatic N) is 1. The van der Waals surface area contributed by atoms with Gasteiger partial charge in [-0.15, -0.1) is 0 Å². The van der Waals surface area contributed by atoms with Crippen molar-refractivity contribution in [3.8, 4) is 0 Å². The van der Waals surface area contributed by atoms with Crippen molar-refractivity contribution in [3.63, 3.8) is 0 Å². The van der Waals surface area contributed by atoms with E-state index < -0.39 is 0 Å². The molecule has 4 nitrogen and oxygen atoms in total. The molecule has 3 rings (SSSR count). The number of fused-ring (bicyclic) bond motifs is 1. The van der Waals surface area contributed by atoms with Crippen molar-refractivity contribution < 1.29 is 0 Å². The van der Waals surface area contributed by atoms with Crippen LogP contribution in [0.3, 0.4) is 0 Å². The van der Waals surface area contributed by atoms with E-state index >= 15 is 0 Å². The summed E-state index contributed by atoms with van der Waals surface area (Å²) in [5.74, 6) is 0. The molecule has 0 spiro atoms. The fourth-order valence-corrected chi connectivity index (χ4v) is 2.62. The molecule has 1 aromatic heterocycles. The molecule has 0 atom stereocenters. The summed E-state index contributed by atoms with van der Waals surface area (Å²) >= 11 is 0. The molecule has 4 heteroatoms. The maximum atomic E-state index is 11.9. The zero-order valence-corrected chi connectivity index (χ0v) is 11.8. The Hall–Kier alpha value is -1.83. The average Bonchev–Trinajstić information content (AvgIpc) is 2.47. The number of hydrogen-bond acceptors (Lipinski definition) is 3. The van der Waals surface area contributed by atoms with E-state index in [-0.39, 0.29) is 5.56 Å². The topological polar surface area (TPSA) is 48.1 Å². The van der Waals surface area contributed by atoms with E-state index in [1.807, 2.05) is 19.1 Å². The van der Waals surface area contributed by atoms with Crippen LogP contribution in [0.4, 0.5) is 0 Å². The number of rotatable bonds is 3. The molecule has 20 heavy (non-hydrogen) atoms. The second-order valence-corrected chi connectivity index (χ2v) is 5.25. The average molecular weight is 269 g/mol. The third-order valence-electron chi connectivity index (χ3n) is 3.81. The molecule has 1 fully saturated rings. The van der Waals surface area contributed by atoms with Gasteiger partial charge in [0.1, 0.15) is 0 Å². The lowest BCUT2D eigenvalue weighted by Crippen LogP contribution is -2.42. The van der Waals surface area contributed by atoms with Crippen molar-refractivity contribution in [1.82, 2.24) is 15.2 Å². The molecule has 1 saturated heterocycles. The van der Waals surface area contributed by atoms with E-state index in [2.05, 4.69) is 27.3 Å². The van der Waals surface area contributed by atoms with E-state index in [0.717, 1.165) is 61.2 Å². The molecule has 0 radical (unpaired) electrons. The van der Waals surface area contributed by atoms with Crippen molar-refractivity contribution in [3.05, 3.63) is 45.7 Å². The van der Waals surface area contributed by atoms with Crippen LogP contribution in [0.5, 0.6) is 0 Å². The Morgan fingerprint density at radius 1 is 1.25 bits per heavy atom. The summed E-state index contributed by atoms with van der Waals surface area (Å²) in [5.41, 5.74) is 2.75. The zero-order chi connectivity index (χ0) is 13.9. The van der Waals surface area contributed by atoms with Crippen molar-refractivity contribution in [1.29, 1.82) is 0 Å². The van der Waals surface area contributed by atoms with Crippen LogP contribution < -0.4 is 10.9 Å². The number of aryl methyl sites for hydroxylation is 1. The van der Waals surface area contributed by atoms with Gasteiger partial charge < -0.3 is 10.3 Å². The molecule has 1 aromatic carbocycles. The van der Waals surface area contributed by atoms with Gasteiger partial charge in [0.15, 0.2) is 0 Å². The highest BCUT2D eigenvalue weighted by Crippen LogP contribution is 2.12. The normalized spacial score (nSPS) is 16.2. The molecule has 0 unspecified atom stereocenters. The maximum absolute atomic E-state index is 11.9. The second kappa shape index (κ2) is 5.66. The van der Waals surface area contributed by atoms with Gasteiger partial charge in [-0.05, 0) is 18.6 Å². The van der Waals surface area contributed by atoms with Gasteiger partial charge in [0.05, 0.1) is 5.52 Å². The predicted molar refractivity (Wildman–Crippen MR) is 79.8 cm³/mol. The molecule has 2 heterocycles. The molecule has 2 aromatic rings. The van der Waals surface area contributed by atoms with Crippen LogP contribution in [0, 0.1) is 12.1 Å². The van der Waals surface area contributed by atoms with Crippen molar-refractivity contribution in [2.75, 3.05) is 26.2 Å². The summed E-state index contributed by atoms with van der Waals surface area (Å²) in [4.78, 5) is 17.2. The third kappa shape index (κ3) is 2.69. The molecule has 0 saturated carbocycles. The first-order chi connectivity index (χ1) is 9.76. The Labute approximate surface area is 118 Å². The molecule has 2 N–H and O–H groups in total. The molecule has 0 aliphatic carbocycles. The van der Waals surface area contributed by atoms with Crippen molar-refractivity contribution >= 4 is 10.9 Å². The number of hydrogen-bond donors (Lipinski definition) is 2. The summed E-state index contributed by atoms with van der Waals surface area (Å²) < 4.78 is 0. The number of H-pyrrole nitrogens is 1. The second-order valence-electron chi connectivity index (χ2n) is 5.25. The van der Waals surface area contributed by atoms with Gasteiger partial charge in [-0.2, -0.15) is 0 Å². The minimum absolute atomic E-state index is 0.00715. The highest BCUT2D eigenvalue weighted by Gasteiger charge is 2.10. The lowest BCUT2D eigenvalue weighted by Gasteiger charge is -2.26. The highest BCUT2D eigenvalue weighted by atomic mass is 16.1. The fourth-order valence-electron chi connectivity index (χ4n) is 2.62. The predicted octanol–water partition coefficient (Wildman–Crippen LogP) is 1.10. The molecular formula is C16H19N3O. The summed E-state index contributed by atoms with van der Waals surface area (Å²) in [5, 5.41) is 4.28. The Morgan fingerprint density at radius 3 is 2.80 bits per heavy atom. The SMILES string of the molecule is CCc1cc2c#cc(CN3CCNCC3)cc2[nH]c1=O. The number of aromatic amines is 1. The number of piperazine rings is 1. The summed E-state index contributed by atoms with van der Waals surface area (Å²) in [6, 6.07) is 10.3. The molecule has 1 aliphatic rings. The Balaban J connectivity index is 1.88. The van der Waals surface area contributed by atoms with E-state index in [0.29, 0.717) is 0 Å². The summed E-state index contributed by atoms with van der Waals surface area (Å²) in [7, 11) is 0. The van der Waals surface area contributed by atoms with Crippen molar-refractivity contribution in [2.45, 2.75) is 19.9 Å². The Kier molecular flexibility index (Phi) is 3.72. The molecular weight excluding hydrogens is 250 g/mol. The van der Waals surface area contributed by atoms with Crippen LogP contribution >= 0.6 is 0 Å². The Morgan fingerprint density at radius 2 is 2.05 bits per heavy atom. The zero-order valence-electron chi connectivity index (χ0n) is 11.8. The van der Waals surface area contributed by atoms with E-state index in [9.17, 15) is 4.79 Å². The quantitative estimate of drug-likeness (QED) is 0.877. The van der Waals surface area contributed by atoms with Gasteiger partial charge >= 0.3 is 0 Å². The standard InChI is InChI=1S/C16H19N3O/c1-2-13-10-14-4-3-12(9-15(14)18-16(13)20)11-19-7-5-17-6-8-19/h9-10,17H,2,5-8,11H2,1H3,(H,18,20). The lowest BCUT2D eigenvalue weighted by molar-refractivity contribution is 0.233. The van der Waals surface area contributed by atoms with Gasteiger partial charge in [-0.3, -0.25) is 9.69 Å². The third-order valence-corrected chi connectivity index (χ3v) is 3.81. The van der Waals surface area contributed by atoms with E-state index in [4.69, 9.17) is 0 Å².